The van der Waals surface area contributed by atoms with E-state index in [-0.39, 0.29) is 0 Å². The summed E-state index contributed by atoms with van der Waals surface area (Å²) in [6.45, 7) is 6.58. The molecule has 0 spiro atoms. The molecule has 0 radical (unpaired) electrons. The molecular formula is C31H42O2. The predicted molar refractivity (Wildman–Crippen MR) is 131 cm³/mol. The molecule has 1 unspecified atom stereocenters. The van der Waals surface area contributed by atoms with Crippen LogP contribution < -0.4 is 4.74 Å². The second kappa shape index (κ2) is 6.80. The van der Waals surface area contributed by atoms with Crippen molar-refractivity contribution in [3.05, 3.63) is 28.3 Å². The summed E-state index contributed by atoms with van der Waals surface area (Å²) in [4.78, 5) is 0. The van der Waals surface area contributed by atoms with Crippen molar-refractivity contribution >= 4 is 0 Å². The van der Waals surface area contributed by atoms with Crippen molar-refractivity contribution in [1.82, 2.24) is 0 Å². The minimum Gasteiger partial charge on any atom is -0.490 e. The molecule has 1 aliphatic heterocycles. The van der Waals surface area contributed by atoms with E-state index in [0.717, 1.165) is 48.7 Å². The van der Waals surface area contributed by atoms with Crippen molar-refractivity contribution in [1.29, 1.82) is 0 Å². The summed E-state index contributed by atoms with van der Waals surface area (Å²) in [6, 6.07) is 2.56. The van der Waals surface area contributed by atoms with Gasteiger partial charge in [-0.25, -0.2) is 0 Å². The van der Waals surface area contributed by atoms with E-state index in [2.05, 4.69) is 19.9 Å². The molecule has 178 valence electrons. The molecule has 8 saturated carbocycles. The van der Waals surface area contributed by atoms with Gasteiger partial charge < -0.3 is 9.47 Å². The van der Waals surface area contributed by atoms with E-state index in [1.165, 1.54) is 88.4 Å². The van der Waals surface area contributed by atoms with Gasteiger partial charge in [0.15, 0.2) is 0 Å². The largest absolute Gasteiger partial charge is 0.490 e. The summed E-state index contributed by atoms with van der Waals surface area (Å²) in [6.07, 6.45) is 18.2. The Morgan fingerprint density at radius 3 is 1.64 bits per heavy atom. The molecule has 8 aliphatic carbocycles. The molecule has 0 aromatic heterocycles. The Balaban J connectivity index is 1.28. The van der Waals surface area contributed by atoms with Crippen LogP contribution >= 0.6 is 0 Å². The van der Waals surface area contributed by atoms with Crippen molar-refractivity contribution in [2.75, 3.05) is 13.2 Å². The van der Waals surface area contributed by atoms with Crippen molar-refractivity contribution in [2.45, 2.75) is 108 Å². The third-order valence-electron chi connectivity index (χ3n) is 11.8. The highest BCUT2D eigenvalue weighted by Gasteiger charge is 2.55. The van der Waals surface area contributed by atoms with E-state index in [0.29, 0.717) is 16.9 Å². The zero-order chi connectivity index (χ0) is 21.9. The monoisotopic (exact) mass is 446 g/mol. The van der Waals surface area contributed by atoms with E-state index in [1.807, 2.05) is 0 Å². The Bertz CT molecular complexity index is 915. The van der Waals surface area contributed by atoms with Gasteiger partial charge in [-0.1, -0.05) is 0 Å². The van der Waals surface area contributed by atoms with Crippen LogP contribution in [0.5, 0.6) is 5.75 Å². The first kappa shape index (κ1) is 20.2. The quantitative estimate of drug-likeness (QED) is 0.453. The van der Waals surface area contributed by atoms with Gasteiger partial charge in [0.1, 0.15) is 18.5 Å². The van der Waals surface area contributed by atoms with E-state index >= 15 is 0 Å². The molecule has 8 bridgehead atoms. The first-order valence-corrected chi connectivity index (χ1v) is 14.4. The molecule has 2 heteroatoms. The SMILES string of the molecule is Cc1c(OCC2CO2)cc(C23CC4CC(CC(C4)C2)C3)c(C)c1C12CC3CC(CC(C3)C1)C2. The van der Waals surface area contributed by atoms with Crippen molar-refractivity contribution in [3.63, 3.8) is 0 Å². The summed E-state index contributed by atoms with van der Waals surface area (Å²) < 4.78 is 12.1. The lowest BCUT2D eigenvalue weighted by Gasteiger charge is -2.59. The van der Waals surface area contributed by atoms with Gasteiger partial charge in [-0.2, -0.15) is 0 Å². The van der Waals surface area contributed by atoms with E-state index in [4.69, 9.17) is 9.47 Å². The summed E-state index contributed by atoms with van der Waals surface area (Å²) in [5.74, 6) is 7.15. The van der Waals surface area contributed by atoms with Gasteiger partial charge in [-0.05, 0) is 166 Å². The predicted octanol–water partition coefficient (Wildman–Crippen LogP) is 7.02. The van der Waals surface area contributed by atoms with Gasteiger partial charge in [0.25, 0.3) is 0 Å². The van der Waals surface area contributed by atoms with Crippen LogP contribution in [0.3, 0.4) is 0 Å². The molecule has 0 amide bonds. The van der Waals surface area contributed by atoms with Crippen molar-refractivity contribution in [3.8, 4) is 5.75 Å². The van der Waals surface area contributed by atoms with Crippen LogP contribution in [-0.2, 0) is 15.6 Å². The fraction of sp³-hybridized carbons (Fsp3) is 0.806. The maximum absolute atomic E-state index is 6.60. The smallest absolute Gasteiger partial charge is 0.122 e. The standard InChI is InChI=1S/C31H42O2/c1-18-27(30-10-20-3-21(11-30)5-22(4-20)12-30)9-28(33-17-26-16-32-26)19(2)29(18)31-13-23-6-24(14-31)8-25(7-23)15-31/h9,20-26H,3-8,10-17H2,1-2H3. The Labute approximate surface area is 200 Å². The van der Waals surface area contributed by atoms with E-state index in [1.54, 1.807) is 16.7 Å². The lowest BCUT2D eigenvalue weighted by molar-refractivity contribution is -0.00932. The van der Waals surface area contributed by atoms with Crippen LogP contribution in [0.1, 0.15) is 99.3 Å². The van der Waals surface area contributed by atoms with E-state index < -0.39 is 0 Å². The molecule has 33 heavy (non-hydrogen) atoms. The van der Waals surface area contributed by atoms with Gasteiger partial charge in [-0.15, -0.1) is 0 Å². The summed E-state index contributed by atoms with van der Waals surface area (Å²) in [5, 5.41) is 0. The zero-order valence-corrected chi connectivity index (χ0v) is 20.8. The number of hydrogen-bond donors (Lipinski definition) is 0. The third kappa shape index (κ3) is 3.01. The maximum atomic E-state index is 6.60. The highest BCUT2D eigenvalue weighted by atomic mass is 16.6. The number of ether oxygens (including phenoxy) is 2. The fourth-order valence-corrected chi connectivity index (χ4v) is 11.6. The summed E-state index contributed by atoms with van der Waals surface area (Å²) in [5.41, 5.74) is 7.56. The minimum absolute atomic E-state index is 0.330. The number of hydrogen-bond acceptors (Lipinski definition) is 2. The lowest BCUT2D eigenvalue weighted by Crippen LogP contribution is -2.50. The first-order valence-electron chi connectivity index (χ1n) is 14.4. The summed E-state index contributed by atoms with van der Waals surface area (Å²) in [7, 11) is 0. The van der Waals surface area contributed by atoms with Gasteiger partial charge in [0, 0.05) is 0 Å². The molecule has 1 saturated heterocycles. The molecule has 0 N–H and O–H groups in total. The lowest BCUT2D eigenvalue weighted by atomic mass is 9.45. The van der Waals surface area contributed by atoms with Gasteiger partial charge >= 0.3 is 0 Å². The van der Waals surface area contributed by atoms with Gasteiger partial charge in [0.2, 0.25) is 0 Å². The second-order valence-electron chi connectivity index (χ2n) is 14.2. The molecule has 9 fully saturated rings. The van der Waals surface area contributed by atoms with Crippen molar-refractivity contribution in [2.24, 2.45) is 35.5 Å². The molecule has 1 aromatic rings. The van der Waals surface area contributed by atoms with Crippen molar-refractivity contribution < 1.29 is 9.47 Å². The normalized spacial score (nSPS) is 48.5. The van der Waals surface area contributed by atoms with Crippen LogP contribution in [0.15, 0.2) is 6.07 Å². The summed E-state index contributed by atoms with van der Waals surface area (Å²) >= 11 is 0. The van der Waals surface area contributed by atoms with Crippen LogP contribution in [-0.4, -0.2) is 19.3 Å². The molecule has 1 atom stereocenters. The average molecular weight is 447 g/mol. The minimum atomic E-state index is 0.330. The third-order valence-corrected chi connectivity index (χ3v) is 11.8. The maximum Gasteiger partial charge on any atom is 0.122 e. The Hall–Kier alpha value is -1.02. The van der Waals surface area contributed by atoms with Crippen LogP contribution in [0, 0.1) is 49.4 Å². The number of benzene rings is 1. The van der Waals surface area contributed by atoms with Gasteiger partial charge in [0.05, 0.1) is 6.61 Å². The molecule has 1 aromatic carbocycles. The number of rotatable bonds is 5. The Morgan fingerprint density at radius 2 is 1.18 bits per heavy atom. The molecule has 10 rings (SSSR count). The highest BCUT2D eigenvalue weighted by molar-refractivity contribution is 5.55. The average Bonchev–Trinajstić information content (AvgIpc) is 3.55. The number of epoxide rings is 1. The molecule has 2 nitrogen and oxygen atoms in total. The first-order chi connectivity index (χ1) is 16.0. The molecule has 1 heterocycles. The van der Waals surface area contributed by atoms with Gasteiger partial charge in [-0.3, -0.25) is 0 Å². The van der Waals surface area contributed by atoms with Crippen LogP contribution in [0.4, 0.5) is 0 Å². The molecular weight excluding hydrogens is 404 g/mol. The van der Waals surface area contributed by atoms with Crippen LogP contribution in [0.2, 0.25) is 0 Å². The fourth-order valence-electron chi connectivity index (χ4n) is 11.6. The molecule has 9 aliphatic rings. The zero-order valence-electron chi connectivity index (χ0n) is 20.8. The Morgan fingerprint density at radius 1 is 0.727 bits per heavy atom. The second-order valence-corrected chi connectivity index (χ2v) is 14.2. The Kier molecular flexibility index (Phi) is 4.16. The van der Waals surface area contributed by atoms with Crippen LogP contribution in [0.25, 0.3) is 0 Å². The highest BCUT2D eigenvalue weighted by Crippen LogP contribution is 2.65. The topological polar surface area (TPSA) is 21.8 Å². The van der Waals surface area contributed by atoms with E-state index in [9.17, 15) is 0 Å².